The summed E-state index contributed by atoms with van der Waals surface area (Å²) in [5.74, 6) is -1.12. The first-order valence-electron chi connectivity index (χ1n) is 3.98. The van der Waals surface area contributed by atoms with Crippen LogP contribution in [0, 0.1) is 0 Å². The minimum Gasteiger partial charge on any atom is -0.469 e. The van der Waals surface area contributed by atoms with Crippen molar-refractivity contribution in [2.24, 2.45) is 0 Å². The van der Waals surface area contributed by atoms with E-state index in [9.17, 15) is 14.4 Å². The van der Waals surface area contributed by atoms with Gasteiger partial charge in [-0.05, 0) is 0 Å². The normalized spacial score (nSPS) is 14.4. The molecule has 80 valence electrons. The number of ether oxygens (including phenoxy) is 3. The van der Waals surface area contributed by atoms with Crippen molar-refractivity contribution in [1.82, 2.24) is 0 Å². The summed E-state index contributed by atoms with van der Waals surface area (Å²) < 4.78 is 12.8. The number of carbonyl (C=O) groups is 3. The second-order valence-corrected chi connectivity index (χ2v) is 2.25. The van der Waals surface area contributed by atoms with Gasteiger partial charge in [-0.25, -0.2) is 9.59 Å². The molecule has 0 aromatic carbocycles. The number of esters is 3. The molecule has 1 aliphatic heterocycles. The lowest BCUT2D eigenvalue weighted by atomic mass is 10.5. The summed E-state index contributed by atoms with van der Waals surface area (Å²) >= 11 is 0. The summed E-state index contributed by atoms with van der Waals surface area (Å²) in [5, 5.41) is 0. The molecule has 0 atom stereocenters. The van der Waals surface area contributed by atoms with Crippen LogP contribution in [0.15, 0.2) is 0 Å². The predicted octanol–water partition coefficient (Wildman–Crippen LogP) is -0.344. The van der Waals surface area contributed by atoms with Crippen molar-refractivity contribution in [1.29, 1.82) is 0 Å². The summed E-state index contributed by atoms with van der Waals surface area (Å²) in [6.45, 7) is 1.28. The molecule has 1 fully saturated rings. The summed E-state index contributed by atoms with van der Waals surface area (Å²) in [6, 6.07) is 0. The van der Waals surface area contributed by atoms with E-state index in [-0.39, 0.29) is 19.2 Å². The molecule has 6 nitrogen and oxygen atoms in total. The fourth-order valence-electron chi connectivity index (χ4n) is 0.507. The smallest absolute Gasteiger partial charge is 0.344 e. The van der Waals surface area contributed by atoms with E-state index in [0.717, 1.165) is 0 Å². The highest BCUT2D eigenvalue weighted by atomic mass is 16.6. The van der Waals surface area contributed by atoms with Gasteiger partial charge < -0.3 is 14.2 Å². The fraction of sp³-hybridized carbons (Fsp3) is 0.625. The quantitative estimate of drug-likeness (QED) is 0.429. The van der Waals surface area contributed by atoms with Gasteiger partial charge in [0.2, 0.25) is 0 Å². The van der Waals surface area contributed by atoms with Crippen LogP contribution in [0.2, 0.25) is 0 Å². The third-order valence-corrected chi connectivity index (χ3v) is 1.22. The van der Waals surface area contributed by atoms with Crippen LogP contribution in [0.5, 0.6) is 0 Å². The number of methoxy groups -OCH3 is 1. The fourth-order valence-corrected chi connectivity index (χ4v) is 0.507. The van der Waals surface area contributed by atoms with E-state index in [4.69, 9.17) is 0 Å². The van der Waals surface area contributed by atoms with Crippen LogP contribution in [-0.2, 0) is 28.6 Å². The standard InChI is InChI=1S/C4H4O4.C4H8O2/c5-3-1-7-4(6)2-8-3;1-3-4(5)6-2/h1-2H2;3H2,1-2H3. The molecule has 0 unspecified atom stereocenters. The molecule has 0 amide bonds. The van der Waals surface area contributed by atoms with Gasteiger partial charge in [0.1, 0.15) is 0 Å². The summed E-state index contributed by atoms with van der Waals surface area (Å²) in [6.07, 6.45) is 0.469. The van der Waals surface area contributed by atoms with Crippen LogP contribution in [0.1, 0.15) is 13.3 Å². The van der Waals surface area contributed by atoms with E-state index in [1.807, 2.05) is 0 Å². The lowest BCUT2D eigenvalue weighted by molar-refractivity contribution is -0.174. The number of carbonyl (C=O) groups excluding carboxylic acids is 3. The lowest BCUT2D eigenvalue weighted by Crippen LogP contribution is -2.27. The Balaban J connectivity index is 0.000000255. The topological polar surface area (TPSA) is 78.9 Å². The molecule has 0 saturated carbocycles. The van der Waals surface area contributed by atoms with Crippen LogP contribution < -0.4 is 0 Å². The largest absolute Gasteiger partial charge is 0.469 e. The highest BCUT2D eigenvalue weighted by molar-refractivity contribution is 5.82. The highest BCUT2D eigenvalue weighted by Gasteiger charge is 2.16. The van der Waals surface area contributed by atoms with E-state index in [0.29, 0.717) is 6.42 Å². The Morgan fingerprint density at radius 2 is 1.71 bits per heavy atom. The lowest BCUT2D eigenvalue weighted by Gasteiger charge is -2.09. The van der Waals surface area contributed by atoms with Crippen molar-refractivity contribution in [3.05, 3.63) is 0 Å². The Morgan fingerprint density at radius 1 is 1.29 bits per heavy atom. The zero-order valence-corrected chi connectivity index (χ0v) is 8.07. The summed E-state index contributed by atoms with van der Waals surface area (Å²) in [5.41, 5.74) is 0. The molecule has 0 bridgehead atoms. The van der Waals surface area contributed by atoms with Crippen molar-refractivity contribution in [3.8, 4) is 0 Å². The van der Waals surface area contributed by atoms with Crippen LogP contribution in [0.3, 0.4) is 0 Å². The number of rotatable bonds is 1. The number of hydrogen-bond acceptors (Lipinski definition) is 6. The van der Waals surface area contributed by atoms with Crippen LogP contribution in [0.25, 0.3) is 0 Å². The molecule has 0 N–H and O–H groups in total. The first kappa shape index (κ1) is 12.4. The molecule has 0 aromatic rings. The van der Waals surface area contributed by atoms with Gasteiger partial charge in [0.15, 0.2) is 13.2 Å². The Bertz CT molecular complexity index is 188. The molecule has 0 aliphatic carbocycles. The molecule has 0 aromatic heterocycles. The van der Waals surface area contributed by atoms with Crippen molar-refractivity contribution < 1.29 is 28.6 Å². The Kier molecular flexibility index (Phi) is 6.09. The van der Waals surface area contributed by atoms with E-state index >= 15 is 0 Å². The molecule has 1 aliphatic rings. The van der Waals surface area contributed by atoms with Gasteiger partial charge in [-0.2, -0.15) is 0 Å². The highest BCUT2D eigenvalue weighted by Crippen LogP contribution is 1.90. The SMILES string of the molecule is CCC(=O)OC.O=C1COC(=O)CO1. The van der Waals surface area contributed by atoms with Gasteiger partial charge in [-0.1, -0.05) is 6.92 Å². The molecule has 1 saturated heterocycles. The van der Waals surface area contributed by atoms with Crippen LogP contribution >= 0.6 is 0 Å². The van der Waals surface area contributed by atoms with Gasteiger partial charge in [0, 0.05) is 6.42 Å². The average Bonchev–Trinajstić information content (AvgIpc) is 2.22. The maximum absolute atomic E-state index is 10.1. The molecule has 0 spiro atoms. The third-order valence-electron chi connectivity index (χ3n) is 1.22. The molecule has 1 heterocycles. The van der Waals surface area contributed by atoms with Crippen molar-refractivity contribution in [3.63, 3.8) is 0 Å². The van der Waals surface area contributed by atoms with Gasteiger partial charge in [0.05, 0.1) is 7.11 Å². The third kappa shape index (κ3) is 5.99. The van der Waals surface area contributed by atoms with E-state index in [1.54, 1.807) is 6.92 Å². The maximum Gasteiger partial charge on any atom is 0.344 e. The predicted molar refractivity (Wildman–Crippen MR) is 44.2 cm³/mol. The number of hydrogen-bond donors (Lipinski definition) is 0. The molecule has 14 heavy (non-hydrogen) atoms. The van der Waals surface area contributed by atoms with Crippen molar-refractivity contribution in [2.75, 3.05) is 20.3 Å². The van der Waals surface area contributed by atoms with Gasteiger partial charge in [-0.3, -0.25) is 4.79 Å². The first-order chi connectivity index (χ1) is 6.60. The molecular formula is C8H12O6. The van der Waals surface area contributed by atoms with Crippen LogP contribution in [0.4, 0.5) is 0 Å². The average molecular weight is 204 g/mol. The zero-order valence-electron chi connectivity index (χ0n) is 8.07. The first-order valence-corrected chi connectivity index (χ1v) is 3.98. The van der Waals surface area contributed by atoms with E-state index < -0.39 is 11.9 Å². The Hall–Kier alpha value is -1.59. The van der Waals surface area contributed by atoms with Crippen molar-refractivity contribution >= 4 is 17.9 Å². The maximum atomic E-state index is 10.1. The van der Waals surface area contributed by atoms with Gasteiger partial charge in [-0.15, -0.1) is 0 Å². The van der Waals surface area contributed by atoms with E-state index in [2.05, 4.69) is 14.2 Å². The summed E-state index contributed by atoms with van der Waals surface area (Å²) in [7, 11) is 1.38. The van der Waals surface area contributed by atoms with Gasteiger partial charge >= 0.3 is 17.9 Å². The van der Waals surface area contributed by atoms with Crippen molar-refractivity contribution in [2.45, 2.75) is 13.3 Å². The monoisotopic (exact) mass is 204 g/mol. The van der Waals surface area contributed by atoms with Gasteiger partial charge in [0.25, 0.3) is 0 Å². The molecule has 6 heteroatoms. The zero-order chi connectivity index (χ0) is 11.0. The Morgan fingerprint density at radius 3 is 1.86 bits per heavy atom. The second-order valence-electron chi connectivity index (χ2n) is 2.25. The minimum absolute atomic E-state index is 0.157. The van der Waals surface area contributed by atoms with E-state index in [1.165, 1.54) is 7.11 Å². The minimum atomic E-state index is -0.482. The van der Waals surface area contributed by atoms with Crippen LogP contribution in [-0.4, -0.2) is 38.2 Å². The number of cyclic esters (lactones) is 2. The second kappa shape index (κ2) is 6.88. The molecular weight excluding hydrogens is 192 g/mol. The summed E-state index contributed by atoms with van der Waals surface area (Å²) in [4.78, 5) is 30.2. The molecule has 0 radical (unpaired) electrons. The molecule has 1 rings (SSSR count). The Labute approximate surface area is 81.1 Å².